The van der Waals surface area contributed by atoms with Crippen molar-refractivity contribution in [3.8, 4) is 11.5 Å². The molecule has 0 N–H and O–H groups in total. The van der Waals surface area contributed by atoms with Gasteiger partial charge in [-0.25, -0.2) is 0 Å². The Morgan fingerprint density at radius 2 is 1.91 bits per heavy atom. The Bertz CT molecular complexity index is 670. The minimum absolute atomic E-state index is 0.0431. The van der Waals surface area contributed by atoms with E-state index < -0.39 is 4.92 Å². The number of methoxy groups -OCH3 is 1. The molecule has 0 unspecified atom stereocenters. The quantitative estimate of drug-likeness (QED) is 0.423. The molecular formula is C17H17NO5. The van der Waals surface area contributed by atoms with Crippen LogP contribution in [0.2, 0.25) is 0 Å². The number of ether oxygens (including phenoxy) is 3. The third kappa shape index (κ3) is 5.44. The highest BCUT2D eigenvalue weighted by atomic mass is 16.7. The summed E-state index contributed by atoms with van der Waals surface area (Å²) in [6.45, 7) is 0.468. The van der Waals surface area contributed by atoms with Gasteiger partial charge in [-0.2, -0.15) is 0 Å². The van der Waals surface area contributed by atoms with Crippen molar-refractivity contribution in [2.24, 2.45) is 0 Å². The van der Waals surface area contributed by atoms with E-state index in [9.17, 15) is 10.1 Å². The molecule has 0 aromatic heterocycles. The van der Waals surface area contributed by atoms with E-state index in [1.807, 2.05) is 30.3 Å². The van der Waals surface area contributed by atoms with Gasteiger partial charge in [0.05, 0.1) is 4.92 Å². The van der Waals surface area contributed by atoms with Crippen LogP contribution < -0.4 is 9.47 Å². The first kappa shape index (κ1) is 16.5. The lowest BCUT2D eigenvalue weighted by Gasteiger charge is -2.11. The van der Waals surface area contributed by atoms with Crippen molar-refractivity contribution in [3.05, 3.63) is 76.0 Å². The van der Waals surface area contributed by atoms with Gasteiger partial charge in [-0.15, -0.1) is 0 Å². The van der Waals surface area contributed by atoms with Crippen LogP contribution in [0.15, 0.2) is 54.7 Å². The summed E-state index contributed by atoms with van der Waals surface area (Å²) >= 11 is 0. The Kier molecular flexibility index (Phi) is 6.14. The van der Waals surface area contributed by atoms with Crippen molar-refractivity contribution in [2.75, 3.05) is 13.9 Å². The van der Waals surface area contributed by atoms with Gasteiger partial charge in [0.15, 0.2) is 6.79 Å². The summed E-state index contributed by atoms with van der Waals surface area (Å²) in [6, 6.07) is 14.9. The number of benzene rings is 2. The van der Waals surface area contributed by atoms with Crippen LogP contribution in [0, 0.1) is 10.1 Å². The van der Waals surface area contributed by atoms with Crippen LogP contribution in [0.5, 0.6) is 11.5 Å². The largest absolute Gasteiger partial charge is 0.489 e. The average Bonchev–Trinajstić information content (AvgIpc) is 2.57. The molecule has 0 radical (unpaired) electrons. The molecule has 0 spiro atoms. The molecule has 0 aliphatic heterocycles. The van der Waals surface area contributed by atoms with Gasteiger partial charge in [0, 0.05) is 24.8 Å². The molecule has 0 aliphatic carbocycles. The van der Waals surface area contributed by atoms with Crippen molar-refractivity contribution < 1.29 is 19.1 Å². The monoisotopic (exact) mass is 315 g/mol. The van der Waals surface area contributed by atoms with Gasteiger partial charge in [-0.1, -0.05) is 30.3 Å². The Morgan fingerprint density at radius 1 is 1.13 bits per heavy atom. The number of rotatable bonds is 8. The van der Waals surface area contributed by atoms with Crippen molar-refractivity contribution in [3.63, 3.8) is 0 Å². The summed E-state index contributed by atoms with van der Waals surface area (Å²) in [4.78, 5) is 9.92. The summed E-state index contributed by atoms with van der Waals surface area (Å²) in [6.07, 6.45) is 2.23. The first-order chi connectivity index (χ1) is 11.2. The van der Waals surface area contributed by atoms with E-state index in [0.29, 0.717) is 23.7 Å². The molecule has 0 heterocycles. The van der Waals surface area contributed by atoms with Gasteiger partial charge < -0.3 is 14.2 Å². The van der Waals surface area contributed by atoms with E-state index in [2.05, 4.69) is 0 Å². The van der Waals surface area contributed by atoms with E-state index in [1.165, 1.54) is 13.2 Å². The maximum absolute atomic E-state index is 10.5. The SMILES string of the molecule is COCOc1cc(OCc2ccccc2)ccc1/C=C\[N+](=O)[O-]. The molecule has 0 amide bonds. The molecule has 2 rings (SSSR count). The fraction of sp³-hybridized carbons (Fsp3) is 0.176. The smallest absolute Gasteiger partial charge is 0.235 e. The second kappa shape index (κ2) is 8.55. The highest BCUT2D eigenvalue weighted by molar-refractivity contribution is 5.58. The third-order valence-electron chi connectivity index (χ3n) is 2.94. The second-order valence-corrected chi connectivity index (χ2v) is 4.63. The van der Waals surface area contributed by atoms with Crippen LogP contribution in [0.3, 0.4) is 0 Å². The fourth-order valence-corrected chi connectivity index (χ4v) is 1.87. The predicted octanol–water partition coefficient (Wildman–Crippen LogP) is 3.50. The standard InChI is InChI=1S/C17H17NO5/c1-21-13-23-17-11-16(8-7-15(17)9-10-18(19)20)22-12-14-5-3-2-4-6-14/h2-11H,12-13H2,1H3/b10-9-. The molecular weight excluding hydrogens is 298 g/mol. The van der Waals surface area contributed by atoms with Crippen LogP contribution >= 0.6 is 0 Å². The third-order valence-corrected chi connectivity index (χ3v) is 2.94. The number of hydrogen-bond acceptors (Lipinski definition) is 5. The van der Waals surface area contributed by atoms with Gasteiger partial charge in [-0.3, -0.25) is 10.1 Å². The maximum atomic E-state index is 10.5. The molecule has 0 saturated carbocycles. The van der Waals surface area contributed by atoms with Crippen molar-refractivity contribution in [1.29, 1.82) is 0 Å². The molecule has 2 aromatic carbocycles. The second-order valence-electron chi connectivity index (χ2n) is 4.63. The minimum atomic E-state index is -0.528. The van der Waals surface area contributed by atoms with E-state index in [4.69, 9.17) is 14.2 Å². The summed E-state index contributed by atoms with van der Waals surface area (Å²) < 4.78 is 16.0. The molecule has 0 saturated heterocycles. The predicted molar refractivity (Wildman–Crippen MR) is 85.7 cm³/mol. The zero-order chi connectivity index (χ0) is 16.5. The molecule has 0 bridgehead atoms. The number of hydrogen-bond donors (Lipinski definition) is 0. The fourth-order valence-electron chi connectivity index (χ4n) is 1.87. The zero-order valence-corrected chi connectivity index (χ0v) is 12.7. The summed E-state index contributed by atoms with van der Waals surface area (Å²) in [5.74, 6) is 1.06. The lowest BCUT2D eigenvalue weighted by Crippen LogP contribution is -2.01. The van der Waals surface area contributed by atoms with Crippen molar-refractivity contribution in [1.82, 2.24) is 0 Å². The first-order valence-electron chi connectivity index (χ1n) is 6.93. The van der Waals surface area contributed by atoms with Crippen molar-refractivity contribution >= 4 is 6.08 Å². The summed E-state index contributed by atoms with van der Waals surface area (Å²) in [7, 11) is 1.50. The Morgan fingerprint density at radius 3 is 2.61 bits per heavy atom. The highest BCUT2D eigenvalue weighted by Gasteiger charge is 2.06. The molecule has 0 aliphatic rings. The van der Waals surface area contributed by atoms with Crippen LogP contribution in [-0.2, 0) is 11.3 Å². The van der Waals surface area contributed by atoms with E-state index in [1.54, 1.807) is 18.2 Å². The maximum Gasteiger partial charge on any atom is 0.235 e. The zero-order valence-electron chi connectivity index (χ0n) is 12.7. The van der Waals surface area contributed by atoms with Gasteiger partial charge in [0.25, 0.3) is 0 Å². The van der Waals surface area contributed by atoms with E-state index in [0.717, 1.165) is 11.8 Å². The van der Waals surface area contributed by atoms with Crippen molar-refractivity contribution in [2.45, 2.75) is 6.61 Å². The van der Waals surface area contributed by atoms with Crippen LogP contribution in [0.4, 0.5) is 0 Å². The van der Waals surface area contributed by atoms with Gasteiger partial charge in [-0.05, 0) is 17.7 Å². The molecule has 6 heteroatoms. The highest BCUT2D eigenvalue weighted by Crippen LogP contribution is 2.27. The van der Waals surface area contributed by atoms with Gasteiger partial charge in [0.1, 0.15) is 18.1 Å². The summed E-state index contributed by atoms with van der Waals surface area (Å²) in [5, 5.41) is 10.5. The topological polar surface area (TPSA) is 70.8 Å². The number of nitrogens with zero attached hydrogens (tertiary/aromatic N) is 1. The molecule has 2 aromatic rings. The molecule has 0 fully saturated rings. The number of nitro groups is 1. The van der Waals surface area contributed by atoms with Gasteiger partial charge in [0.2, 0.25) is 6.20 Å². The van der Waals surface area contributed by atoms with Crippen LogP contribution in [-0.4, -0.2) is 18.8 Å². The Hall–Kier alpha value is -2.86. The normalized spacial score (nSPS) is 10.7. The average molecular weight is 315 g/mol. The first-order valence-corrected chi connectivity index (χ1v) is 6.93. The lowest BCUT2D eigenvalue weighted by molar-refractivity contribution is -0.400. The minimum Gasteiger partial charge on any atom is -0.489 e. The van der Waals surface area contributed by atoms with Gasteiger partial charge >= 0.3 is 0 Å². The van der Waals surface area contributed by atoms with Crippen LogP contribution in [0.25, 0.3) is 6.08 Å². The Labute approximate surface area is 134 Å². The Balaban J connectivity index is 2.12. The molecule has 23 heavy (non-hydrogen) atoms. The van der Waals surface area contributed by atoms with E-state index in [-0.39, 0.29) is 6.79 Å². The summed E-state index contributed by atoms with van der Waals surface area (Å²) in [5.41, 5.74) is 1.62. The lowest BCUT2D eigenvalue weighted by atomic mass is 10.2. The molecule has 0 atom stereocenters. The molecule has 6 nitrogen and oxygen atoms in total. The van der Waals surface area contributed by atoms with Crippen LogP contribution in [0.1, 0.15) is 11.1 Å². The van der Waals surface area contributed by atoms with E-state index >= 15 is 0 Å². The molecule has 120 valence electrons.